The number of hydrogen-bond donors (Lipinski definition) is 1. The number of hydrogen-bond acceptors (Lipinski definition) is 3. The first-order valence-corrected chi connectivity index (χ1v) is 7.00. The van der Waals surface area contributed by atoms with Gasteiger partial charge in [0.2, 0.25) is 0 Å². The van der Waals surface area contributed by atoms with Crippen LogP contribution in [0.4, 0.5) is 0 Å². The van der Waals surface area contributed by atoms with Crippen molar-refractivity contribution in [2.45, 2.75) is 19.0 Å². The standard InChI is InChI=1S/C15H20N2S/c1-11-9-10-18-15(11)14(17(2)3)13(16)12-7-5-4-6-8-12/h4-10,13-14H,16H2,1-3H3. The topological polar surface area (TPSA) is 29.3 Å². The summed E-state index contributed by atoms with van der Waals surface area (Å²) >= 11 is 1.79. The summed E-state index contributed by atoms with van der Waals surface area (Å²) in [6.45, 7) is 2.15. The SMILES string of the molecule is Cc1ccsc1C(C(N)c1ccccc1)N(C)C. The highest BCUT2D eigenvalue weighted by molar-refractivity contribution is 7.10. The molecule has 1 aromatic carbocycles. The second-order valence-electron chi connectivity index (χ2n) is 4.81. The summed E-state index contributed by atoms with van der Waals surface area (Å²) in [6.07, 6.45) is 0. The van der Waals surface area contributed by atoms with Gasteiger partial charge < -0.3 is 5.73 Å². The van der Waals surface area contributed by atoms with Crippen LogP contribution in [0.15, 0.2) is 41.8 Å². The van der Waals surface area contributed by atoms with E-state index in [-0.39, 0.29) is 12.1 Å². The Bertz CT molecular complexity index is 490. The van der Waals surface area contributed by atoms with Gasteiger partial charge in [0.15, 0.2) is 0 Å². The zero-order chi connectivity index (χ0) is 13.1. The van der Waals surface area contributed by atoms with Crippen molar-refractivity contribution in [3.05, 3.63) is 57.8 Å². The predicted octanol–water partition coefficient (Wildman–Crippen LogP) is 3.36. The molecule has 2 N–H and O–H groups in total. The minimum absolute atomic E-state index is 0.00134. The highest BCUT2D eigenvalue weighted by atomic mass is 32.1. The van der Waals surface area contributed by atoms with Crippen molar-refractivity contribution < 1.29 is 0 Å². The molecular formula is C15H20N2S. The molecule has 18 heavy (non-hydrogen) atoms. The van der Waals surface area contributed by atoms with Crippen LogP contribution in [0.1, 0.15) is 28.1 Å². The Hall–Kier alpha value is -1.16. The van der Waals surface area contributed by atoms with E-state index in [0.29, 0.717) is 0 Å². The van der Waals surface area contributed by atoms with Crippen molar-refractivity contribution >= 4 is 11.3 Å². The third kappa shape index (κ3) is 2.64. The molecule has 1 aromatic heterocycles. The summed E-state index contributed by atoms with van der Waals surface area (Å²) in [4.78, 5) is 3.56. The van der Waals surface area contributed by atoms with E-state index in [4.69, 9.17) is 5.73 Å². The molecule has 0 fully saturated rings. The van der Waals surface area contributed by atoms with Crippen LogP contribution < -0.4 is 5.73 Å². The molecule has 2 rings (SSSR count). The van der Waals surface area contributed by atoms with Gasteiger partial charge in [-0.15, -0.1) is 11.3 Å². The second kappa shape index (κ2) is 5.65. The van der Waals surface area contributed by atoms with Gasteiger partial charge >= 0.3 is 0 Å². The van der Waals surface area contributed by atoms with E-state index in [1.807, 2.05) is 18.2 Å². The Labute approximate surface area is 113 Å². The van der Waals surface area contributed by atoms with Crippen molar-refractivity contribution in [2.24, 2.45) is 5.73 Å². The molecule has 2 unspecified atom stereocenters. The quantitative estimate of drug-likeness (QED) is 0.913. The van der Waals surface area contributed by atoms with Gasteiger partial charge in [0.1, 0.15) is 0 Å². The van der Waals surface area contributed by atoms with Crippen LogP contribution in [-0.4, -0.2) is 19.0 Å². The molecular weight excluding hydrogens is 240 g/mol. The van der Waals surface area contributed by atoms with Crippen LogP contribution in [0.3, 0.4) is 0 Å². The highest BCUT2D eigenvalue weighted by Crippen LogP contribution is 2.35. The van der Waals surface area contributed by atoms with Crippen LogP contribution in [0.25, 0.3) is 0 Å². The molecule has 0 amide bonds. The maximum atomic E-state index is 6.47. The first-order valence-electron chi connectivity index (χ1n) is 6.12. The van der Waals surface area contributed by atoms with E-state index in [9.17, 15) is 0 Å². The fourth-order valence-corrected chi connectivity index (χ4v) is 3.43. The van der Waals surface area contributed by atoms with Gasteiger partial charge in [-0.2, -0.15) is 0 Å². The maximum Gasteiger partial charge on any atom is 0.0633 e. The maximum absolute atomic E-state index is 6.47. The molecule has 2 aromatic rings. The summed E-state index contributed by atoms with van der Waals surface area (Å²) < 4.78 is 0. The lowest BCUT2D eigenvalue weighted by molar-refractivity contribution is 0.262. The average molecular weight is 260 g/mol. The molecule has 0 bridgehead atoms. The zero-order valence-electron chi connectivity index (χ0n) is 11.1. The van der Waals surface area contributed by atoms with Crippen LogP contribution in [0, 0.1) is 6.92 Å². The van der Waals surface area contributed by atoms with Gasteiger partial charge in [-0.1, -0.05) is 30.3 Å². The number of nitrogens with zero attached hydrogens (tertiary/aromatic N) is 1. The average Bonchev–Trinajstić information content (AvgIpc) is 2.76. The Morgan fingerprint density at radius 1 is 1.11 bits per heavy atom. The van der Waals surface area contributed by atoms with E-state index in [0.717, 1.165) is 0 Å². The van der Waals surface area contributed by atoms with Crippen LogP contribution >= 0.6 is 11.3 Å². The molecule has 0 radical (unpaired) electrons. The summed E-state index contributed by atoms with van der Waals surface area (Å²) in [6, 6.07) is 12.7. The number of likely N-dealkylation sites (N-methyl/N-ethyl adjacent to an activating group) is 1. The van der Waals surface area contributed by atoms with E-state index in [1.165, 1.54) is 16.0 Å². The number of aryl methyl sites for hydroxylation is 1. The molecule has 96 valence electrons. The van der Waals surface area contributed by atoms with Crippen molar-refractivity contribution in [2.75, 3.05) is 14.1 Å². The van der Waals surface area contributed by atoms with E-state index < -0.39 is 0 Å². The normalized spacial score (nSPS) is 14.7. The van der Waals surface area contributed by atoms with E-state index >= 15 is 0 Å². The number of thiophene rings is 1. The first kappa shape index (κ1) is 13.3. The molecule has 0 saturated carbocycles. The van der Waals surface area contributed by atoms with E-state index in [2.05, 4.69) is 49.5 Å². The molecule has 0 aliphatic heterocycles. The first-order chi connectivity index (χ1) is 8.61. The molecule has 0 aliphatic rings. The fourth-order valence-electron chi connectivity index (χ4n) is 2.26. The minimum Gasteiger partial charge on any atom is -0.322 e. The lowest BCUT2D eigenvalue weighted by atomic mass is 9.96. The lowest BCUT2D eigenvalue weighted by Crippen LogP contribution is -2.30. The number of rotatable bonds is 4. The van der Waals surface area contributed by atoms with Gasteiger partial charge in [-0.25, -0.2) is 0 Å². The monoisotopic (exact) mass is 260 g/mol. The molecule has 0 saturated heterocycles. The highest BCUT2D eigenvalue weighted by Gasteiger charge is 2.25. The van der Waals surface area contributed by atoms with Crippen LogP contribution in [0.5, 0.6) is 0 Å². The number of nitrogens with two attached hydrogens (primary N) is 1. The summed E-state index contributed by atoms with van der Waals surface area (Å²) in [7, 11) is 4.18. The summed E-state index contributed by atoms with van der Waals surface area (Å²) in [5.41, 5.74) is 8.97. The van der Waals surface area contributed by atoms with Gasteiger partial charge in [0, 0.05) is 4.88 Å². The molecule has 0 aliphatic carbocycles. The fraction of sp³-hybridized carbons (Fsp3) is 0.333. The van der Waals surface area contributed by atoms with Crippen LogP contribution in [0.2, 0.25) is 0 Å². The molecule has 2 atom stereocenters. The van der Waals surface area contributed by atoms with Crippen molar-refractivity contribution in [3.8, 4) is 0 Å². The molecule has 3 heteroatoms. The Morgan fingerprint density at radius 3 is 2.28 bits per heavy atom. The van der Waals surface area contributed by atoms with Gasteiger partial charge in [-0.3, -0.25) is 4.90 Å². The minimum atomic E-state index is -0.00134. The van der Waals surface area contributed by atoms with Crippen LogP contribution in [-0.2, 0) is 0 Å². The summed E-state index contributed by atoms with van der Waals surface area (Å²) in [5.74, 6) is 0. The Kier molecular flexibility index (Phi) is 4.17. The van der Waals surface area contributed by atoms with Crippen molar-refractivity contribution in [1.29, 1.82) is 0 Å². The van der Waals surface area contributed by atoms with Gasteiger partial charge in [0.25, 0.3) is 0 Å². The summed E-state index contributed by atoms with van der Waals surface area (Å²) in [5, 5.41) is 2.14. The van der Waals surface area contributed by atoms with Gasteiger partial charge in [0.05, 0.1) is 12.1 Å². The molecule has 1 heterocycles. The second-order valence-corrected chi connectivity index (χ2v) is 5.76. The third-order valence-electron chi connectivity index (χ3n) is 3.25. The number of benzene rings is 1. The van der Waals surface area contributed by atoms with Crippen molar-refractivity contribution in [3.63, 3.8) is 0 Å². The molecule has 2 nitrogen and oxygen atoms in total. The van der Waals surface area contributed by atoms with Gasteiger partial charge in [-0.05, 0) is 43.6 Å². The smallest absolute Gasteiger partial charge is 0.0633 e. The molecule has 0 spiro atoms. The Balaban J connectivity index is 2.35. The Morgan fingerprint density at radius 2 is 1.78 bits per heavy atom. The zero-order valence-corrected chi connectivity index (χ0v) is 11.9. The van der Waals surface area contributed by atoms with Crippen molar-refractivity contribution in [1.82, 2.24) is 4.90 Å². The predicted molar refractivity (Wildman–Crippen MR) is 78.9 cm³/mol. The van der Waals surface area contributed by atoms with E-state index in [1.54, 1.807) is 11.3 Å². The largest absolute Gasteiger partial charge is 0.322 e. The lowest BCUT2D eigenvalue weighted by Gasteiger charge is -2.30. The third-order valence-corrected chi connectivity index (χ3v) is 4.34.